The van der Waals surface area contributed by atoms with Crippen molar-refractivity contribution in [3.8, 4) is 5.75 Å². The van der Waals surface area contributed by atoms with Crippen LogP contribution in [0.15, 0.2) is 52.9 Å². The molecular weight excluding hydrogens is 407 g/mol. The Balaban J connectivity index is 1.69. The van der Waals surface area contributed by atoms with Gasteiger partial charge in [0.05, 0.1) is 20.7 Å². The summed E-state index contributed by atoms with van der Waals surface area (Å²) >= 11 is 12.1. The number of hydrogen-bond acceptors (Lipinski definition) is 5. The molecule has 0 aliphatic carbocycles. The molecule has 0 spiro atoms. The number of benzene rings is 2. The molecule has 0 atom stereocenters. The Hall–Kier alpha value is -3.03. The number of furan rings is 1. The summed E-state index contributed by atoms with van der Waals surface area (Å²) in [5.41, 5.74) is 0.794. The number of amides is 1. The first-order chi connectivity index (χ1) is 13.3. The minimum absolute atomic E-state index is 0.0112. The molecule has 0 fully saturated rings. The Morgan fingerprint density at radius 1 is 1.18 bits per heavy atom. The number of nitro groups is 1. The quantitative estimate of drug-likeness (QED) is 0.411. The van der Waals surface area contributed by atoms with E-state index in [0.717, 1.165) is 5.56 Å². The van der Waals surface area contributed by atoms with Crippen molar-refractivity contribution in [1.29, 1.82) is 0 Å². The summed E-state index contributed by atoms with van der Waals surface area (Å²) in [6.07, 6.45) is 0. The third-order valence-corrected chi connectivity index (χ3v) is 4.44. The lowest BCUT2D eigenvalue weighted by Crippen LogP contribution is -2.11. The van der Waals surface area contributed by atoms with Crippen LogP contribution >= 0.6 is 23.2 Å². The van der Waals surface area contributed by atoms with Gasteiger partial charge >= 0.3 is 0 Å². The number of para-hydroxylation sites is 1. The van der Waals surface area contributed by atoms with Crippen molar-refractivity contribution in [3.63, 3.8) is 0 Å². The predicted octanol–water partition coefficient (Wildman–Crippen LogP) is 5.63. The molecule has 0 aliphatic heterocycles. The van der Waals surface area contributed by atoms with Crippen LogP contribution in [0.5, 0.6) is 5.75 Å². The van der Waals surface area contributed by atoms with Crippen molar-refractivity contribution in [1.82, 2.24) is 0 Å². The zero-order valence-electron chi connectivity index (χ0n) is 14.6. The number of carbonyl (C=O) groups excluding carboxylic acids is 1. The zero-order valence-corrected chi connectivity index (χ0v) is 16.1. The summed E-state index contributed by atoms with van der Waals surface area (Å²) < 4.78 is 11.2. The number of anilines is 1. The van der Waals surface area contributed by atoms with E-state index >= 15 is 0 Å². The number of halogens is 2. The highest BCUT2D eigenvalue weighted by molar-refractivity contribution is 6.34. The van der Waals surface area contributed by atoms with Gasteiger partial charge in [-0.1, -0.05) is 35.3 Å². The Labute approximate surface area is 170 Å². The predicted molar refractivity (Wildman–Crippen MR) is 105 cm³/mol. The van der Waals surface area contributed by atoms with Crippen molar-refractivity contribution in [2.45, 2.75) is 13.5 Å². The van der Waals surface area contributed by atoms with Crippen LogP contribution in [0, 0.1) is 17.0 Å². The maximum Gasteiger partial charge on any atom is 0.291 e. The molecule has 1 aromatic heterocycles. The van der Waals surface area contributed by atoms with Gasteiger partial charge in [-0.15, -0.1) is 0 Å². The van der Waals surface area contributed by atoms with Gasteiger partial charge in [0.2, 0.25) is 0 Å². The van der Waals surface area contributed by atoms with Gasteiger partial charge < -0.3 is 14.5 Å². The van der Waals surface area contributed by atoms with Gasteiger partial charge in [0, 0.05) is 12.1 Å². The van der Waals surface area contributed by atoms with Crippen molar-refractivity contribution in [2.24, 2.45) is 0 Å². The molecule has 3 aromatic rings. The molecule has 1 amide bonds. The highest BCUT2D eigenvalue weighted by Gasteiger charge is 2.16. The molecule has 0 radical (unpaired) electrons. The van der Waals surface area contributed by atoms with Crippen LogP contribution in [0.1, 0.15) is 21.9 Å². The number of nitrogens with zero attached hydrogens (tertiary/aromatic N) is 1. The van der Waals surface area contributed by atoms with Gasteiger partial charge in [-0.25, -0.2) is 0 Å². The Bertz CT molecular complexity index is 1030. The molecule has 1 heterocycles. The monoisotopic (exact) mass is 420 g/mol. The number of nitrogens with one attached hydrogen (secondary N) is 1. The highest BCUT2D eigenvalue weighted by atomic mass is 35.5. The summed E-state index contributed by atoms with van der Waals surface area (Å²) in [5, 5.41) is 14.0. The van der Waals surface area contributed by atoms with Gasteiger partial charge in [-0.2, -0.15) is 0 Å². The van der Waals surface area contributed by atoms with Crippen LogP contribution in [-0.2, 0) is 6.61 Å². The second kappa shape index (κ2) is 8.33. The van der Waals surface area contributed by atoms with Crippen molar-refractivity contribution < 1.29 is 18.9 Å². The molecule has 144 valence electrons. The van der Waals surface area contributed by atoms with E-state index in [9.17, 15) is 14.9 Å². The Morgan fingerprint density at radius 3 is 2.68 bits per heavy atom. The van der Waals surface area contributed by atoms with E-state index in [1.165, 1.54) is 24.3 Å². The fraction of sp³-hybridized carbons (Fsp3) is 0.105. The smallest absolute Gasteiger partial charge is 0.291 e. The summed E-state index contributed by atoms with van der Waals surface area (Å²) in [6.45, 7) is 1.94. The number of ether oxygens (including phenoxy) is 1. The van der Waals surface area contributed by atoms with E-state index < -0.39 is 10.8 Å². The summed E-state index contributed by atoms with van der Waals surface area (Å²) in [6, 6.07) is 12.2. The SMILES string of the molecule is Cc1cccc(Cl)c1OCc1ccc(C(=O)Nc2cc([N+](=O)[O-])ccc2Cl)o1. The first-order valence-corrected chi connectivity index (χ1v) is 8.82. The summed E-state index contributed by atoms with van der Waals surface area (Å²) in [7, 11) is 0. The largest absolute Gasteiger partial charge is 0.484 e. The minimum Gasteiger partial charge on any atom is -0.484 e. The van der Waals surface area contributed by atoms with Gasteiger partial charge in [0.15, 0.2) is 5.76 Å². The second-order valence-corrected chi connectivity index (χ2v) is 6.63. The lowest BCUT2D eigenvalue weighted by molar-refractivity contribution is -0.384. The molecule has 0 aliphatic rings. The first-order valence-electron chi connectivity index (χ1n) is 8.07. The molecule has 0 saturated carbocycles. The number of non-ortho nitro benzene ring substituents is 1. The maximum absolute atomic E-state index is 12.3. The van der Waals surface area contributed by atoms with E-state index in [0.29, 0.717) is 16.5 Å². The molecule has 0 unspecified atom stereocenters. The van der Waals surface area contributed by atoms with E-state index in [2.05, 4.69) is 5.32 Å². The van der Waals surface area contributed by atoms with Crippen LogP contribution in [0.2, 0.25) is 10.0 Å². The topological polar surface area (TPSA) is 94.6 Å². The van der Waals surface area contributed by atoms with E-state index in [1.54, 1.807) is 12.1 Å². The molecular formula is C19H14Cl2N2O5. The zero-order chi connectivity index (χ0) is 20.3. The molecule has 3 rings (SSSR count). The van der Waals surface area contributed by atoms with Gasteiger partial charge in [0.25, 0.3) is 11.6 Å². The third kappa shape index (κ3) is 4.44. The number of aryl methyl sites for hydroxylation is 1. The average Bonchev–Trinajstić information content (AvgIpc) is 3.12. The molecule has 1 N–H and O–H groups in total. The molecule has 0 saturated heterocycles. The van der Waals surface area contributed by atoms with Crippen molar-refractivity contribution in [2.75, 3.05) is 5.32 Å². The lowest BCUT2D eigenvalue weighted by atomic mass is 10.2. The van der Waals surface area contributed by atoms with Crippen LogP contribution in [-0.4, -0.2) is 10.8 Å². The van der Waals surface area contributed by atoms with Crippen molar-refractivity contribution in [3.05, 3.63) is 85.8 Å². The standard InChI is InChI=1S/C19H14Cl2N2O5/c1-11-3-2-4-15(21)18(11)27-10-13-6-8-17(28-13)19(24)22-16-9-12(23(25)26)5-7-14(16)20/h2-9H,10H2,1H3,(H,22,24). The molecule has 2 aromatic carbocycles. The second-order valence-electron chi connectivity index (χ2n) is 5.82. The number of rotatable bonds is 6. The van der Waals surface area contributed by atoms with Crippen LogP contribution < -0.4 is 10.1 Å². The van der Waals surface area contributed by atoms with Crippen LogP contribution in [0.25, 0.3) is 0 Å². The van der Waals surface area contributed by atoms with E-state index in [-0.39, 0.29) is 28.8 Å². The fourth-order valence-corrected chi connectivity index (χ4v) is 2.87. The summed E-state index contributed by atoms with van der Waals surface area (Å²) in [4.78, 5) is 22.6. The van der Waals surface area contributed by atoms with Gasteiger partial charge in [0.1, 0.15) is 18.1 Å². The van der Waals surface area contributed by atoms with E-state index in [1.807, 2.05) is 19.1 Å². The van der Waals surface area contributed by atoms with Gasteiger partial charge in [-0.05, 0) is 36.8 Å². The molecule has 7 nitrogen and oxygen atoms in total. The molecule has 28 heavy (non-hydrogen) atoms. The molecule has 9 heteroatoms. The van der Waals surface area contributed by atoms with E-state index in [4.69, 9.17) is 32.4 Å². The van der Waals surface area contributed by atoms with Crippen LogP contribution in [0.3, 0.4) is 0 Å². The lowest BCUT2D eigenvalue weighted by Gasteiger charge is -2.09. The third-order valence-electron chi connectivity index (χ3n) is 3.82. The first kappa shape index (κ1) is 19.7. The number of hydrogen-bond donors (Lipinski definition) is 1. The Kier molecular flexibility index (Phi) is 5.87. The minimum atomic E-state index is -0.595. The fourth-order valence-electron chi connectivity index (χ4n) is 2.43. The summed E-state index contributed by atoms with van der Waals surface area (Å²) in [5.74, 6) is 0.365. The number of carbonyl (C=O) groups is 1. The van der Waals surface area contributed by atoms with Crippen molar-refractivity contribution >= 4 is 40.5 Å². The molecule has 0 bridgehead atoms. The Morgan fingerprint density at radius 2 is 1.96 bits per heavy atom. The van der Waals surface area contributed by atoms with Gasteiger partial charge in [-0.3, -0.25) is 14.9 Å². The maximum atomic E-state index is 12.3. The number of nitro benzene ring substituents is 1. The average molecular weight is 421 g/mol. The van der Waals surface area contributed by atoms with Crippen LogP contribution in [0.4, 0.5) is 11.4 Å². The highest BCUT2D eigenvalue weighted by Crippen LogP contribution is 2.29. The normalized spacial score (nSPS) is 10.5.